The molecule has 2 atom stereocenters. The number of nitriles is 2. The molecule has 22 heteroatoms. The summed E-state index contributed by atoms with van der Waals surface area (Å²) in [6.45, 7) is 4.07. The highest BCUT2D eigenvalue weighted by Gasteiger charge is 2.40. The van der Waals surface area contributed by atoms with E-state index in [1.807, 2.05) is 0 Å². The normalized spacial score (nSPS) is 19.0. The van der Waals surface area contributed by atoms with Crippen LogP contribution >= 0.6 is 0 Å². The highest BCUT2D eigenvalue weighted by Crippen LogP contribution is 2.36. The van der Waals surface area contributed by atoms with Crippen LogP contribution in [0.1, 0.15) is 101 Å². The van der Waals surface area contributed by atoms with Gasteiger partial charge >= 0.3 is 5.97 Å². The maximum absolute atomic E-state index is 14.8. The van der Waals surface area contributed by atoms with Crippen molar-refractivity contribution in [3.05, 3.63) is 94.9 Å². The van der Waals surface area contributed by atoms with Crippen molar-refractivity contribution in [2.75, 3.05) is 55.8 Å². The number of nitrogens with zero attached hydrogens (tertiary/aromatic N) is 12. The summed E-state index contributed by atoms with van der Waals surface area (Å²) in [4.78, 5) is 87.6. The number of anilines is 2. The van der Waals surface area contributed by atoms with E-state index in [9.17, 15) is 28.0 Å². The predicted molar refractivity (Wildman–Crippen MR) is 217 cm³/mol. The summed E-state index contributed by atoms with van der Waals surface area (Å²) in [7, 11) is 0. The average Bonchev–Trinajstić information content (AvgIpc) is 4.03. The number of esters is 1. The third-order valence-electron chi connectivity index (χ3n) is 11.3. The van der Waals surface area contributed by atoms with Crippen LogP contribution in [0.4, 0.5) is 20.4 Å². The maximum atomic E-state index is 14.8. The minimum atomic E-state index is -0.960. The van der Waals surface area contributed by atoms with Gasteiger partial charge in [0.2, 0.25) is 11.8 Å². The Morgan fingerprint density at radius 3 is 1.56 bits per heavy atom. The molecule has 64 heavy (non-hydrogen) atoms. The molecule has 0 saturated carbocycles. The van der Waals surface area contributed by atoms with E-state index in [-0.39, 0.29) is 54.0 Å². The Labute approximate surface area is 365 Å². The second-order valence-corrected chi connectivity index (χ2v) is 15.2. The van der Waals surface area contributed by atoms with Gasteiger partial charge in [0, 0.05) is 75.6 Å². The lowest BCUT2D eigenvalue weighted by atomic mass is 9.94. The van der Waals surface area contributed by atoms with Gasteiger partial charge < -0.3 is 20.3 Å². The van der Waals surface area contributed by atoms with Gasteiger partial charge in [0.15, 0.2) is 34.7 Å². The van der Waals surface area contributed by atoms with Crippen LogP contribution in [0, 0.1) is 46.1 Å². The maximum Gasteiger partial charge on any atom is 0.360 e. The van der Waals surface area contributed by atoms with Gasteiger partial charge in [-0.3, -0.25) is 34.0 Å². The van der Waals surface area contributed by atoms with Crippen LogP contribution in [0.5, 0.6) is 0 Å². The highest BCUT2D eigenvalue weighted by molar-refractivity contribution is 5.92. The van der Waals surface area contributed by atoms with E-state index in [4.69, 9.17) is 30.7 Å². The van der Waals surface area contributed by atoms with Crippen molar-refractivity contribution in [2.24, 2.45) is 17.6 Å². The first-order valence-electron chi connectivity index (χ1n) is 20.6. The third kappa shape index (κ3) is 9.67. The quantitative estimate of drug-likeness (QED) is 0.237. The Kier molecular flexibility index (Phi) is 14.2. The molecule has 0 aliphatic carbocycles. The lowest BCUT2D eigenvalue weighted by Gasteiger charge is -2.34. The number of carbonyl (C=O) groups is 4. The van der Waals surface area contributed by atoms with Crippen LogP contribution < -0.4 is 15.5 Å². The Morgan fingerprint density at radius 2 is 1.14 bits per heavy atom. The molecule has 4 aromatic rings. The summed E-state index contributed by atoms with van der Waals surface area (Å²) in [6, 6.07) is 6.93. The van der Waals surface area contributed by atoms with E-state index in [0.717, 1.165) is 23.8 Å². The second kappa shape index (κ2) is 20.3. The molecule has 332 valence electrons. The number of carbonyl (C=O) groups excluding carboxylic acids is 4. The van der Waals surface area contributed by atoms with Crippen molar-refractivity contribution in [1.82, 2.24) is 40.0 Å². The number of primary amides is 1. The lowest BCUT2D eigenvalue weighted by molar-refractivity contribution is -0.182. The first kappa shape index (κ1) is 44.7. The van der Waals surface area contributed by atoms with Crippen molar-refractivity contribution in [3.63, 3.8) is 0 Å². The van der Waals surface area contributed by atoms with Gasteiger partial charge in [-0.1, -0.05) is 0 Å². The van der Waals surface area contributed by atoms with E-state index < -0.39 is 34.9 Å². The van der Waals surface area contributed by atoms with Gasteiger partial charge in [-0.05, 0) is 55.9 Å². The van der Waals surface area contributed by atoms with E-state index in [1.54, 1.807) is 41.2 Å². The summed E-state index contributed by atoms with van der Waals surface area (Å²) in [5, 5.41) is 21.0. The third-order valence-corrected chi connectivity index (χ3v) is 11.3. The monoisotopic (exact) mass is 879 g/mol. The van der Waals surface area contributed by atoms with Gasteiger partial charge in [0.1, 0.15) is 24.8 Å². The molecule has 2 N–H and O–H groups in total. The second-order valence-electron chi connectivity index (χ2n) is 15.2. The van der Waals surface area contributed by atoms with Crippen molar-refractivity contribution < 1.29 is 42.4 Å². The Morgan fingerprint density at radius 1 is 0.703 bits per heavy atom. The number of pyridine rings is 2. The molecule has 0 radical (unpaired) electrons. The molecule has 4 aliphatic rings. The van der Waals surface area contributed by atoms with E-state index in [1.165, 1.54) is 22.5 Å². The van der Waals surface area contributed by atoms with Crippen molar-refractivity contribution in [3.8, 4) is 12.1 Å². The molecular formula is C42H43F2N13O7. The molecular weight excluding hydrogens is 837 g/mol. The summed E-state index contributed by atoms with van der Waals surface area (Å²) >= 11 is 0. The fourth-order valence-corrected chi connectivity index (χ4v) is 8.09. The molecule has 0 aromatic carbocycles. The van der Waals surface area contributed by atoms with Gasteiger partial charge in [-0.25, -0.2) is 43.6 Å². The van der Waals surface area contributed by atoms with Gasteiger partial charge in [0.05, 0.1) is 43.0 Å². The number of hydrogen-bond acceptors (Lipinski definition) is 17. The SMILES string of the molecule is CCOC(=O)c1ncnc(N2CCC(C(=O)N3OCC[C@H]3c3cncc(C#N)c3)CC2)c1F.N#Cc1cncc([C@@H]2CCON2C(=O)C2CCN(c3ncnc(C(N)=O)c3F)CC2)c1. The summed E-state index contributed by atoms with van der Waals surface area (Å²) in [6.07, 6.45) is 11.6. The number of hydroxylamine groups is 4. The zero-order valence-electron chi connectivity index (χ0n) is 34.7. The highest BCUT2D eigenvalue weighted by atomic mass is 19.1. The van der Waals surface area contributed by atoms with Crippen LogP contribution in [0.15, 0.2) is 49.6 Å². The molecule has 0 bridgehead atoms. The summed E-state index contributed by atoms with van der Waals surface area (Å²) < 4.78 is 34.2. The minimum Gasteiger partial charge on any atom is -0.461 e. The summed E-state index contributed by atoms with van der Waals surface area (Å²) in [5.41, 5.74) is 6.65. The number of ether oxygens (including phenoxy) is 1. The molecule has 3 amide bonds. The number of amides is 3. The summed E-state index contributed by atoms with van der Waals surface area (Å²) in [5.74, 6) is -4.35. The number of aromatic nitrogens is 6. The fourth-order valence-electron chi connectivity index (χ4n) is 8.09. The molecule has 4 aliphatic heterocycles. The molecule has 0 unspecified atom stereocenters. The van der Waals surface area contributed by atoms with Crippen LogP contribution in [-0.4, -0.2) is 110 Å². The lowest BCUT2D eigenvalue weighted by Crippen LogP contribution is -2.42. The Bertz CT molecular complexity index is 2470. The molecule has 8 heterocycles. The largest absolute Gasteiger partial charge is 0.461 e. The zero-order valence-corrected chi connectivity index (χ0v) is 34.7. The minimum absolute atomic E-state index is 0.00407. The van der Waals surface area contributed by atoms with Crippen molar-refractivity contribution in [1.29, 1.82) is 10.5 Å². The number of rotatable bonds is 9. The van der Waals surface area contributed by atoms with Crippen LogP contribution in [-0.2, 0) is 24.0 Å². The van der Waals surface area contributed by atoms with Crippen molar-refractivity contribution >= 4 is 35.3 Å². The molecule has 4 saturated heterocycles. The zero-order chi connectivity index (χ0) is 45.3. The molecule has 20 nitrogen and oxygen atoms in total. The standard InChI is InChI=1S/C22H23FN6O4.C20H20FN7O3/c1-2-32-22(31)19-18(23)20(27-13-26-19)28-6-3-15(4-7-28)21(30)29-17(5-8-33-29)16-9-14(10-24)11-25-12-16;21-16-17(18(23)29)25-11-26-19(16)27-4-1-13(2-5-27)20(30)28-15(3-6-31-28)14-7-12(8-22)9-24-10-14/h9,11-13,15,17H,2-8H2,1H3;7,9-11,13,15H,1-6H2,(H2,23,29)/t17-;15-/m00/s1. The topological polar surface area (TPSA) is 260 Å². The number of hydrogen-bond donors (Lipinski definition) is 1. The number of piperidine rings is 2. The number of halogens is 2. The fraction of sp³-hybridized carbons (Fsp3) is 0.429. The van der Waals surface area contributed by atoms with E-state index in [0.29, 0.717) is 89.0 Å². The Hall–Kier alpha value is -7.30. The van der Waals surface area contributed by atoms with Crippen LogP contribution in [0.25, 0.3) is 0 Å². The average molecular weight is 880 g/mol. The predicted octanol–water partition coefficient (Wildman–Crippen LogP) is 3.28. The molecule has 4 fully saturated rings. The van der Waals surface area contributed by atoms with Gasteiger partial charge in [-0.15, -0.1) is 0 Å². The van der Waals surface area contributed by atoms with E-state index >= 15 is 0 Å². The van der Waals surface area contributed by atoms with Crippen molar-refractivity contribution in [2.45, 2.75) is 57.5 Å². The van der Waals surface area contributed by atoms with E-state index in [2.05, 4.69) is 42.0 Å². The van der Waals surface area contributed by atoms with Gasteiger partial charge in [-0.2, -0.15) is 10.5 Å². The molecule has 4 aromatic heterocycles. The smallest absolute Gasteiger partial charge is 0.360 e. The first-order valence-corrected chi connectivity index (χ1v) is 20.6. The van der Waals surface area contributed by atoms with Crippen LogP contribution in [0.3, 0.4) is 0 Å². The van der Waals surface area contributed by atoms with Gasteiger partial charge in [0.25, 0.3) is 5.91 Å². The first-order chi connectivity index (χ1) is 31.0. The number of nitrogens with two attached hydrogens (primary N) is 1. The molecule has 0 spiro atoms. The van der Waals surface area contributed by atoms with Crippen LogP contribution in [0.2, 0.25) is 0 Å². The molecule has 8 rings (SSSR count). The Balaban J connectivity index is 0.000000192.